The molecule has 0 aliphatic heterocycles. The summed E-state index contributed by atoms with van der Waals surface area (Å²) in [6, 6.07) is 0. The van der Waals surface area contributed by atoms with Crippen LogP contribution in [0, 0.1) is 5.41 Å². The van der Waals surface area contributed by atoms with Crippen molar-refractivity contribution in [1.29, 1.82) is 0 Å². The van der Waals surface area contributed by atoms with Gasteiger partial charge < -0.3 is 18.7 Å². The first-order valence-electron chi connectivity index (χ1n) is 24.8. The molecule has 0 saturated heterocycles. The molecule has 0 amide bonds. The van der Waals surface area contributed by atoms with Crippen LogP contribution >= 0.6 is 0 Å². The van der Waals surface area contributed by atoms with Gasteiger partial charge in [0.05, 0.1) is 27.7 Å². The molecule has 0 saturated carbocycles. The Balaban J connectivity index is 4.89. The van der Waals surface area contributed by atoms with Gasteiger partial charge in [-0.25, -0.2) is 0 Å². The SMILES string of the molecule is CCCCCCCCCCCCCCCCCC(=O)OCC(COC(=O)CCCCCCCCCCC)(COC(=O)CCCCCCCCCCC)C[N+](C)(C)C. The summed E-state index contributed by atoms with van der Waals surface area (Å²) >= 11 is 0. The zero-order valence-corrected chi connectivity index (χ0v) is 39.2. The topological polar surface area (TPSA) is 78.9 Å². The molecule has 57 heavy (non-hydrogen) atoms. The molecule has 0 aliphatic rings. The highest BCUT2D eigenvalue weighted by Gasteiger charge is 2.41. The van der Waals surface area contributed by atoms with E-state index in [0.717, 1.165) is 57.8 Å². The van der Waals surface area contributed by atoms with Crippen LogP contribution in [0.25, 0.3) is 0 Å². The number of carbonyl (C=O) groups is 3. The number of rotatable bonds is 44. The summed E-state index contributed by atoms with van der Waals surface area (Å²) in [7, 11) is 6.21. The average Bonchev–Trinajstić information content (AvgIpc) is 3.18. The van der Waals surface area contributed by atoms with Crippen molar-refractivity contribution in [1.82, 2.24) is 0 Å². The minimum absolute atomic E-state index is 0.0658. The Morgan fingerprint density at radius 1 is 0.333 bits per heavy atom. The summed E-state index contributed by atoms with van der Waals surface area (Å²) < 4.78 is 18.3. The first kappa shape index (κ1) is 55.4. The molecule has 0 rings (SSSR count). The molecule has 0 atom stereocenters. The lowest BCUT2D eigenvalue weighted by Gasteiger charge is -2.38. The Morgan fingerprint density at radius 3 is 0.719 bits per heavy atom. The summed E-state index contributed by atoms with van der Waals surface area (Å²) in [5.41, 5.74) is -0.814. The molecule has 0 unspecified atom stereocenters. The summed E-state index contributed by atoms with van der Waals surface area (Å²) in [5, 5.41) is 0. The van der Waals surface area contributed by atoms with Crippen molar-refractivity contribution in [3.8, 4) is 0 Å². The minimum Gasteiger partial charge on any atom is -0.465 e. The molecule has 0 aromatic heterocycles. The number of quaternary nitrogens is 1. The standard InChI is InChI=1S/C50H98NO6/c1-7-10-13-16-19-22-23-24-25-26-27-30-33-36-39-42-49(54)57-46-50(43-51(4,5)6,44-55-47(52)40-37-34-31-28-20-17-14-11-8-2)45-56-48(53)41-38-35-32-29-21-18-15-12-9-3/h7-46H2,1-6H3/q+1. The number of esters is 3. The van der Waals surface area contributed by atoms with E-state index in [-0.39, 0.29) is 37.7 Å². The predicted molar refractivity (Wildman–Crippen MR) is 241 cm³/mol. The van der Waals surface area contributed by atoms with Crippen molar-refractivity contribution in [2.75, 3.05) is 47.5 Å². The lowest BCUT2D eigenvalue weighted by Crippen LogP contribution is -2.52. The lowest BCUT2D eigenvalue weighted by atomic mass is 9.89. The lowest BCUT2D eigenvalue weighted by molar-refractivity contribution is -0.877. The fourth-order valence-corrected chi connectivity index (χ4v) is 7.99. The highest BCUT2D eigenvalue weighted by Crippen LogP contribution is 2.25. The quantitative estimate of drug-likeness (QED) is 0.0264. The van der Waals surface area contributed by atoms with E-state index in [1.165, 1.54) is 154 Å². The van der Waals surface area contributed by atoms with Crippen LogP contribution in [0.5, 0.6) is 0 Å². The monoisotopic (exact) mass is 809 g/mol. The molecule has 0 aromatic rings. The summed E-state index contributed by atoms with van der Waals surface area (Å²) in [5.74, 6) is -0.680. The molecule has 0 fully saturated rings. The van der Waals surface area contributed by atoms with E-state index in [9.17, 15) is 14.4 Å². The Kier molecular flexibility index (Phi) is 38.7. The van der Waals surface area contributed by atoms with Crippen molar-refractivity contribution < 1.29 is 33.1 Å². The molecule has 7 heteroatoms. The Morgan fingerprint density at radius 2 is 0.526 bits per heavy atom. The third kappa shape index (κ3) is 39.6. The van der Waals surface area contributed by atoms with Crippen LogP contribution < -0.4 is 0 Å². The van der Waals surface area contributed by atoms with Crippen molar-refractivity contribution >= 4 is 17.9 Å². The number of nitrogens with zero attached hydrogens (tertiary/aromatic N) is 1. The first-order chi connectivity index (χ1) is 27.6. The molecule has 7 nitrogen and oxygen atoms in total. The van der Waals surface area contributed by atoms with Gasteiger partial charge in [-0.1, -0.05) is 213 Å². The van der Waals surface area contributed by atoms with E-state index >= 15 is 0 Å². The molecular weight excluding hydrogens is 711 g/mol. The molecular formula is C50H98NO6+. The Bertz CT molecular complexity index is 877. The second-order valence-corrected chi connectivity index (χ2v) is 18.8. The van der Waals surface area contributed by atoms with E-state index in [4.69, 9.17) is 14.2 Å². The normalized spacial score (nSPS) is 11.9. The Labute approximate surface area is 354 Å². The van der Waals surface area contributed by atoms with Crippen LogP contribution in [0.15, 0.2) is 0 Å². The van der Waals surface area contributed by atoms with Gasteiger partial charge in [-0.2, -0.15) is 0 Å². The van der Waals surface area contributed by atoms with Crippen LogP contribution in [0.1, 0.15) is 252 Å². The van der Waals surface area contributed by atoms with Crippen LogP contribution in [-0.2, 0) is 28.6 Å². The van der Waals surface area contributed by atoms with E-state index in [1.807, 2.05) is 0 Å². The van der Waals surface area contributed by atoms with Crippen molar-refractivity contribution in [3.05, 3.63) is 0 Å². The van der Waals surface area contributed by atoms with E-state index in [1.54, 1.807) is 0 Å². The van der Waals surface area contributed by atoms with Crippen LogP contribution in [0.3, 0.4) is 0 Å². The van der Waals surface area contributed by atoms with Gasteiger partial charge in [-0.3, -0.25) is 14.4 Å². The van der Waals surface area contributed by atoms with Gasteiger partial charge in [0.15, 0.2) is 0 Å². The summed E-state index contributed by atoms with van der Waals surface area (Å²) in [6.45, 7) is 7.50. The van der Waals surface area contributed by atoms with Crippen molar-refractivity contribution in [2.45, 2.75) is 252 Å². The fourth-order valence-electron chi connectivity index (χ4n) is 7.99. The third-order valence-corrected chi connectivity index (χ3v) is 11.4. The van der Waals surface area contributed by atoms with Crippen molar-refractivity contribution in [2.24, 2.45) is 5.41 Å². The van der Waals surface area contributed by atoms with E-state index in [2.05, 4.69) is 41.9 Å². The number of unbranched alkanes of at least 4 members (excludes halogenated alkanes) is 30. The second-order valence-electron chi connectivity index (χ2n) is 18.8. The first-order valence-corrected chi connectivity index (χ1v) is 24.8. The van der Waals surface area contributed by atoms with Gasteiger partial charge >= 0.3 is 17.9 Å². The van der Waals surface area contributed by atoms with Crippen LogP contribution in [0.4, 0.5) is 0 Å². The molecule has 0 aromatic carbocycles. The van der Waals surface area contributed by atoms with Gasteiger partial charge in [0.2, 0.25) is 0 Å². The molecule has 0 N–H and O–H groups in total. The smallest absolute Gasteiger partial charge is 0.305 e. The van der Waals surface area contributed by atoms with E-state index < -0.39 is 5.41 Å². The minimum atomic E-state index is -0.814. The highest BCUT2D eigenvalue weighted by atomic mass is 16.6. The molecule has 0 bridgehead atoms. The molecule has 0 aliphatic carbocycles. The number of carbonyl (C=O) groups excluding carboxylic acids is 3. The third-order valence-electron chi connectivity index (χ3n) is 11.4. The van der Waals surface area contributed by atoms with Gasteiger partial charge in [0.25, 0.3) is 0 Å². The van der Waals surface area contributed by atoms with Crippen LogP contribution in [0.2, 0.25) is 0 Å². The number of ether oxygens (including phenoxy) is 3. The summed E-state index contributed by atoms with van der Waals surface area (Å²) in [6.07, 6.45) is 41.8. The van der Waals surface area contributed by atoms with Gasteiger partial charge in [0, 0.05) is 19.3 Å². The van der Waals surface area contributed by atoms with Gasteiger partial charge in [-0.15, -0.1) is 0 Å². The largest absolute Gasteiger partial charge is 0.465 e. The zero-order chi connectivity index (χ0) is 42.1. The fraction of sp³-hybridized carbons (Fsp3) is 0.940. The molecule has 0 spiro atoms. The number of hydrogen-bond acceptors (Lipinski definition) is 6. The molecule has 0 heterocycles. The Hall–Kier alpha value is -1.63. The molecule has 338 valence electrons. The van der Waals surface area contributed by atoms with Gasteiger partial charge in [-0.05, 0) is 19.3 Å². The average molecular weight is 809 g/mol. The summed E-state index contributed by atoms with van der Waals surface area (Å²) in [4.78, 5) is 39.0. The van der Waals surface area contributed by atoms with E-state index in [0.29, 0.717) is 30.3 Å². The number of hydrogen-bond donors (Lipinski definition) is 0. The van der Waals surface area contributed by atoms with Crippen LogP contribution in [-0.4, -0.2) is 69.9 Å². The second kappa shape index (κ2) is 39.8. The maximum atomic E-state index is 13.0. The van der Waals surface area contributed by atoms with Crippen molar-refractivity contribution in [3.63, 3.8) is 0 Å². The highest BCUT2D eigenvalue weighted by molar-refractivity contribution is 5.70. The predicted octanol–water partition coefficient (Wildman–Crippen LogP) is 14.4. The molecule has 0 radical (unpaired) electrons. The zero-order valence-electron chi connectivity index (χ0n) is 39.2. The maximum absolute atomic E-state index is 13.0. The van der Waals surface area contributed by atoms with Gasteiger partial charge in [0.1, 0.15) is 25.2 Å². The maximum Gasteiger partial charge on any atom is 0.305 e.